The fraction of sp³-hybridized carbons (Fsp3) is 0.188. The van der Waals surface area contributed by atoms with E-state index in [2.05, 4.69) is 0 Å². The fourth-order valence-electron chi connectivity index (χ4n) is 2.10. The van der Waals surface area contributed by atoms with E-state index in [1.165, 1.54) is 24.3 Å². The van der Waals surface area contributed by atoms with E-state index in [0.717, 1.165) is 5.56 Å². The predicted molar refractivity (Wildman–Crippen MR) is 85.1 cm³/mol. The van der Waals surface area contributed by atoms with Crippen LogP contribution in [0.2, 0.25) is 5.02 Å². The standard InChI is InChI=1S/C16H15ClN2O3/c1-11(13-4-3-5-14(17)10-13)18(2)16(20)12-6-8-15(9-7-12)19(21)22/h3-11H,1-2H3. The third-order valence-corrected chi connectivity index (χ3v) is 3.79. The zero-order valence-electron chi connectivity index (χ0n) is 12.2. The normalized spacial score (nSPS) is 11.8. The summed E-state index contributed by atoms with van der Waals surface area (Å²) in [5, 5.41) is 11.3. The number of non-ortho nitro benzene ring substituents is 1. The van der Waals surface area contributed by atoms with Crippen molar-refractivity contribution in [2.75, 3.05) is 7.05 Å². The summed E-state index contributed by atoms with van der Waals surface area (Å²) in [6, 6.07) is 12.7. The topological polar surface area (TPSA) is 63.5 Å². The second-order valence-corrected chi connectivity index (χ2v) is 5.39. The number of nitro groups is 1. The van der Waals surface area contributed by atoms with Crippen LogP contribution < -0.4 is 0 Å². The first kappa shape index (κ1) is 16.0. The van der Waals surface area contributed by atoms with Gasteiger partial charge in [-0.15, -0.1) is 0 Å². The van der Waals surface area contributed by atoms with Crippen molar-refractivity contribution in [1.82, 2.24) is 4.90 Å². The summed E-state index contributed by atoms with van der Waals surface area (Å²) in [6.07, 6.45) is 0. The number of nitro benzene ring substituents is 1. The third kappa shape index (κ3) is 3.43. The van der Waals surface area contributed by atoms with Gasteiger partial charge in [0.15, 0.2) is 0 Å². The lowest BCUT2D eigenvalue weighted by Crippen LogP contribution is -2.29. The second-order valence-electron chi connectivity index (χ2n) is 4.95. The number of halogens is 1. The Bertz CT molecular complexity index is 701. The molecule has 2 rings (SSSR count). The largest absolute Gasteiger partial charge is 0.335 e. The van der Waals surface area contributed by atoms with Crippen molar-refractivity contribution in [1.29, 1.82) is 0 Å². The van der Waals surface area contributed by atoms with E-state index in [9.17, 15) is 14.9 Å². The Balaban J connectivity index is 2.19. The maximum atomic E-state index is 12.4. The summed E-state index contributed by atoms with van der Waals surface area (Å²) in [7, 11) is 1.69. The highest BCUT2D eigenvalue weighted by molar-refractivity contribution is 6.30. The van der Waals surface area contributed by atoms with Gasteiger partial charge in [0.2, 0.25) is 0 Å². The van der Waals surface area contributed by atoms with Gasteiger partial charge in [0, 0.05) is 29.8 Å². The quantitative estimate of drug-likeness (QED) is 0.630. The molecule has 0 radical (unpaired) electrons. The summed E-state index contributed by atoms with van der Waals surface area (Å²) in [4.78, 5) is 24.2. The zero-order chi connectivity index (χ0) is 16.3. The van der Waals surface area contributed by atoms with Gasteiger partial charge in [0.25, 0.3) is 11.6 Å². The number of rotatable bonds is 4. The molecule has 0 aliphatic rings. The van der Waals surface area contributed by atoms with Crippen molar-refractivity contribution in [3.05, 3.63) is 74.8 Å². The smallest absolute Gasteiger partial charge is 0.269 e. The molecule has 2 aromatic rings. The Morgan fingerprint density at radius 2 is 1.86 bits per heavy atom. The summed E-state index contributed by atoms with van der Waals surface area (Å²) in [5.74, 6) is -0.206. The van der Waals surface area contributed by atoms with Crippen LogP contribution in [-0.4, -0.2) is 22.8 Å². The molecule has 0 heterocycles. The molecule has 0 N–H and O–H groups in total. The number of benzene rings is 2. The molecule has 0 fully saturated rings. The van der Waals surface area contributed by atoms with E-state index < -0.39 is 4.92 Å². The Hall–Kier alpha value is -2.40. The van der Waals surface area contributed by atoms with E-state index in [1.54, 1.807) is 18.0 Å². The highest BCUT2D eigenvalue weighted by atomic mass is 35.5. The van der Waals surface area contributed by atoms with Crippen molar-refractivity contribution in [3.63, 3.8) is 0 Å². The van der Waals surface area contributed by atoms with Gasteiger partial charge in [-0.2, -0.15) is 0 Å². The number of amides is 1. The van der Waals surface area contributed by atoms with Crippen LogP contribution in [0.4, 0.5) is 5.69 Å². The number of carbonyl (C=O) groups is 1. The molecule has 6 heteroatoms. The minimum Gasteiger partial charge on any atom is -0.335 e. The summed E-state index contributed by atoms with van der Waals surface area (Å²) in [6.45, 7) is 1.90. The highest BCUT2D eigenvalue weighted by Crippen LogP contribution is 2.23. The zero-order valence-corrected chi connectivity index (χ0v) is 12.9. The molecule has 114 valence electrons. The minimum absolute atomic E-state index is 0.0397. The van der Waals surface area contributed by atoms with Gasteiger partial charge >= 0.3 is 0 Å². The Labute approximate surface area is 133 Å². The average Bonchev–Trinajstić information content (AvgIpc) is 2.52. The molecule has 0 aliphatic heterocycles. The maximum absolute atomic E-state index is 12.4. The molecule has 0 bridgehead atoms. The maximum Gasteiger partial charge on any atom is 0.269 e. The lowest BCUT2D eigenvalue weighted by atomic mass is 10.1. The van der Waals surface area contributed by atoms with Crippen LogP contribution in [0.1, 0.15) is 28.9 Å². The number of hydrogen-bond acceptors (Lipinski definition) is 3. The lowest BCUT2D eigenvalue weighted by Gasteiger charge is -2.25. The summed E-state index contributed by atoms with van der Waals surface area (Å²) < 4.78 is 0. The monoisotopic (exact) mass is 318 g/mol. The molecule has 0 aromatic heterocycles. The molecule has 0 spiro atoms. The van der Waals surface area contributed by atoms with Crippen LogP contribution in [0.3, 0.4) is 0 Å². The third-order valence-electron chi connectivity index (χ3n) is 3.56. The minimum atomic E-state index is -0.493. The van der Waals surface area contributed by atoms with Crippen LogP contribution in [0, 0.1) is 10.1 Å². The molecule has 0 saturated heterocycles. The number of hydrogen-bond donors (Lipinski definition) is 0. The van der Waals surface area contributed by atoms with E-state index >= 15 is 0 Å². The fourth-order valence-corrected chi connectivity index (χ4v) is 2.29. The van der Waals surface area contributed by atoms with Crippen LogP contribution in [0.25, 0.3) is 0 Å². The summed E-state index contributed by atoms with van der Waals surface area (Å²) >= 11 is 5.97. The Morgan fingerprint density at radius 1 is 1.23 bits per heavy atom. The SMILES string of the molecule is CC(c1cccc(Cl)c1)N(C)C(=O)c1ccc([N+](=O)[O-])cc1. The van der Waals surface area contributed by atoms with Crippen molar-refractivity contribution >= 4 is 23.2 Å². The molecular weight excluding hydrogens is 304 g/mol. The molecule has 0 saturated carbocycles. The van der Waals surface area contributed by atoms with E-state index in [-0.39, 0.29) is 17.6 Å². The second kappa shape index (κ2) is 6.58. The van der Waals surface area contributed by atoms with Gasteiger partial charge in [-0.05, 0) is 36.8 Å². The van der Waals surface area contributed by atoms with Gasteiger partial charge < -0.3 is 4.90 Å². The molecule has 5 nitrogen and oxygen atoms in total. The van der Waals surface area contributed by atoms with Gasteiger partial charge in [-0.25, -0.2) is 0 Å². The van der Waals surface area contributed by atoms with Crippen molar-refractivity contribution in [2.24, 2.45) is 0 Å². The van der Waals surface area contributed by atoms with Crippen molar-refractivity contribution < 1.29 is 9.72 Å². The first-order chi connectivity index (χ1) is 10.4. The van der Waals surface area contributed by atoms with Crippen LogP contribution in [0.5, 0.6) is 0 Å². The molecular formula is C16H15ClN2O3. The predicted octanol–water partition coefficient (Wildman–Crippen LogP) is 4.08. The average molecular weight is 319 g/mol. The molecule has 1 atom stereocenters. The van der Waals surface area contributed by atoms with Gasteiger partial charge in [-0.3, -0.25) is 14.9 Å². The Kier molecular flexibility index (Phi) is 4.78. The molecule has 2 aromatic carbocycles. The van der Waals surface area contributed by atoms with E-state index in [0.29, 0.717) is 10.6 Å². The first-order valence-electron chi connectivity index (χ1n) is 6.67. The number of carbonyl (C=O) groups excluding carboxylic acids is 1. The van der Waals surface area contributed by atoms with Crippen molar-refractivity contribution in [2.45, 2.75) is 13.0 Å². The Morgan fingerprint density at radius 3 is 2.41 bits per heavy atom. The van der Waals surface area contributed by atoms with Crippen molar-refractivity contribution in [3.8, 4) is 0 Å². The first-order valence-corrected chi connectivity index (χ1v) is 7.05. The summed E-state index contributed by atoms with van der Waals surface area (Å²) in [5.41, 5.74) is 1.29. The van der Waals surface area contributed by atoms with E-state index in [1.807, 2.05) is 25.1 Å². The van der Waals surface area contributed by atoms with Crippen LogP contribution in [0.15, 0.2) is 48.5 Å². The van der Waals surface area contributed by atoms with Crippen LogP contribution >= 0.6 is 11.6 Å². The molecule has 0 aliphatic carbocycles. The molecule has 22 heavy (non-hydrogen) atoms. The number of nitrogens with zero attached hydrogens (tertiary/aromatic N) is 2. The van der Waals surface area contributed by atoms with Gasteiger partial charge in [0.05, 0.1) is 11.0 Å². The van der Waals surface area contributed by atoms with Gasteiger partial charge in [-0.1, -0.05) is 23.7 Å². The van der Waals surface area contributed by atoms with E-state index in [4.69, 9.17) is 11.6 Å². The molecule has 1 amide bonds. The van der Waals surface area contributed by atoms with Crippen LogP contribution in [-0.2, 0) is 0 Å². The highest BCUT2D eigenvalue weighted by Gasteiger charge is 2.19. The van der Waals surface area contributed by atoms with Gasteiger partial charge in [0.1, 0.15) is 0 Å². The molecule has 1 unspecified atom stereocenters. The lowest BCUT2D eigenvalue weighted by molar-refractivity contribution is -0.384.